The van der Waals surface area contributed by atoms with Gasteiger partial charge in [-0.3, -0.25) is 0 Å². The van der Waals surface area contributed by atoms with Crippen LogP contribution in [0, 0.1) is 0 Å². The van der Waals surface area contributed by atoms with Gasteiger partial charge in [-0.15, -0.1) is 0 Å². The molecular weight excluding hydrogens is 276 g/mol. The third-order valence-electron chi connectivity index (χ3n) is 3.22. The molecular formula is C11H22O9. The maximum Gasteiger partial charge on any atom is 0.186 e. The molecule has 1 fully saturated rings. The van der Waals surface area contributed by atoms with Gasteiger partial charge in [-0.2, -0.15) is 0 Å². The Morgan fingerprint density at radius 2 is 1.60 bits per heavy atom. The van der Waals surface area contributed by atoms with E-state index in [1.165, 1.54) is 6.92 Å². The predicted octanol–water partition coefficient (Wildman–Crippen LogP) is -4.09. The van der Waals surface area contributed by atoms with Crippen molar-refractivity contribution in [1.29, 1.82) is 0 Å². The highest BCUT2D eigenvalue weighted by Gasteiger charge is 2.42. The summed E-state index contributed by atoms with van der Waals surface area (Å²) < 4.78 is 10.1. The van der Waals surface area contributed by atoms with Gasteiger partial charge in [0.15, 0.2) is 6.29 Å². The Morgan fingerprint density at radius 1 is 1.00 bits per heavy atom. The highest BCUT2D eigenvalue weighted by Crippen LogP contribution is 2.22. The van der Waals surface area contributed by atoms with Gasteiger partial charge in [0, 0.05) is 0 Å². The van der Waals surface area contributed by atoms with Crippen LogP contribution in [-0.2, 0) is 9.47 Å². The van der Waals surface area contributed by atoms with Crippen LogP contribution < -0.4 is 0 Å². The van der Waals surface area contributed by atoms with E-state index in [0.29, 0.717) is 0 Å². The molecule has 9 nitrogen and oxygen atoms in total. The van der Waals surface area contributed by atoms with Gasteiger partial charge < -0.3 is 45.2 Å². The third-order valence-corrected chi connectivity index (χ3v) is 3.22. The second-order valence-corrected chi connectivity index (χ2v) is 4.82. The van der Waals surface area contributed by atoms with Crippen molar-refractivity contribution in [3.8, 4) is 0 Å². The second-order valence-electron chi connectivity index (χ2n) is 4.82. The molecule has 1 rings (SSSR count). The summed E-state index contributed by atoms with van der Waals surface area (Å²) in [6.07, 6.45) is -11.0. The standard InChI is InChI=1S/C11H22O9/c1-4-7(15)9(17)10(18)11(20-4)19-3-6(14)8(16)5(13)2-12/h4-18H,2-3H2,1H3/t4?,5?,6-,7?,8+,9?,10+,11-/m1/s1. The van der Waals surface area contributed by atoms with E-state index in [2.05, 4.69) is 0 Å². The molecule has 1 aliphatic rings. The maximum absolute atomic E-state index is 9.64. The predicted molar refractivity (Wildman–Crippen MR) is 63.4 cm³/mol. The Labute approximate surface area is 115 Å². The fraction of sp³-hybridized carbons (Fsp3) is 1.00. The molecule has 0 radical (unpaired) electrons. The van der Waals surface area contributed by atoms with Crippen LogP contribution in [0.4, 0.5) is 0 Å². The van der Waals surface area contributed by atoms with E-state index < -0.39 is 62.2 Å². The van der Waals surface area contributed by atoms with Gasteiger partial charge in [-0.25, -0.2) is 0 Å². The van der Waals surface area contributed by atoms with Gasteiger partial charge in [-0.05, 0) is 6.92 Å². The summed E-state index contributed by atoms with van der Waals surface area (Å²) in [7, 11) is 0. The van der Waals surface area contributed by atoms with Gasteiger partial charge in [0.25, 0.3) is 0 Å². The topological polar surface area (TPSA) is 160 Å². The summed E-state index contributed by atoms with van der Waals surface area (Å²) in [5, 5.41) is 65.3. The zero-order valence-corrected chi connectivity index (χ0v) is 11.0. The van der Waals surface area contributed by atoms with Crippen LogP contribution in [0.2, 0.25) is 0 Å². The van der Waals surface area contributed by atoms with Crippen LogP contribution in [0.15, 0.2) is 0 Å². The Hall–Kier alpha value is -0.360. The van der Waals surface area contributed by atoms with E-state index in [0.717, 1.165) is 0 Å². The number of aliphatic hydroxyl groups excluding tert-OH is 7. The van der Waals surface area contributed by atoms with Crippen molar-refractivity contribution in [2.24, 2.45) is 0 Å². The monoisotopic (exact) mass is 298 g/mol. The largest absolute Gasteiger partial charge is 0.394 e. The molecule has 9 heteroatoms. The first kappa shape index (κ1) is 17.7. The lowest BCUT2D eigenvalue weighted by molar-refractivity contribution is -0.299. The van der Waals surface area contributed by atoms with Crippen LogP contribution in [0.3, 0.4) is 0 Å². The first-order valence-electron chi connectivity index (χ1n) is 6.26. The molecule has 0 saturated carbocycles. The van der Waals surface area contributed by atoms with Crippen molar-refractivity contribution in [1.82, 2.24) is 0 Å². The van der Waals surface area contributed by atoms with Gasteiger partial charge >= 0.3 is 0 Å². The quantitative estimate of drug-likeness (QED) is 0.258. The van der Waals surface area contributed by atoms with E-state index in [1.807, 2.05) is 0 Å². The van der Waals surface area contributed by atoms with Crippen molar-refractivity contribution < 1.29 is 45.2 Å². The smallest absolute Gasteiger partial charge is 0.186 e. The number of ether oxygens (including phenoxy) is 2. The number of aliphatic hydroxyl groups is 7. The average molecular weight is 298 g/mol. The molecule has 0 bridgehead atoms. The molecule has 120 valence electrons. The normalized spacial score (nSPS) is 39.3. The molecule has 1 aliphatic heterocycles. The Balaban J connectivity index is 2.48. The fourth-order valence-electron chi connectivity index (χ4n) is 1.81. The molecule has 0 aromatic heterocycles. The molecule has 0 amide bonds. The van der Waals surface area contributed by atoms with E-state index in [1.54, 1.807) is 0 Å². The molecule has 1 saturated heterocycles. The van der Waals surface area contributed by atoms with E-state index in [9.17, 15) is 25.5 Å². The van der Waals surface area contributed by atoms with E-state index in [4.69, 9.17) is 19.7 Å². The molecule has 8 atom stereocenters. The molecule has 0 aromatic carbocycles. The minimum Gasteiger partial charge on any atom is -0.394 e. The lowest BCUT2D eigenvalue weighted by atomic mass is 10.00. The lowest BCUT2D eigenvalue weighted by Gasteiger charge is -2.39. The number of rotatable bonds is 6. The Bertz CT molecular complexity index is 289. The molecule has 0 spiro atoms. The Morgan fingerprint density at radius 3 is 2.15 bits per heavy atom. The van der Waals surface area contributed by atoms with Crippen LogP contribution in [0.5, 0.6) is 0 Å². The zero-order chi connectivity index (χ0) is 15.4. The first-order valence-corrected chi connectivity index (χ1v) is 6.26. The summed E-state index contributed by atoms with van der Waals surface area (Å²) in [6.45, 7) is 0.231. The lowest BCUT2D eigenvalue weighted by Crippen LogP contribution is -2.57. The van der Waals surface area contributed by atoms with E-state index in [-0.39, 0.29) is 0 Å². The third kappa shape index (κ3) is 4.07. The summed E-state index contributed by atoms with van der Waals surface area (Å²) in [5.41, 5.74) is 0. The van der Waals surface area contributed by atoms with Crippen LogP contribution in [0.1, 0.15) is 6.92 Å². The van der Waals surface area contributed by atoms with E-state index >= 15 is 0 Å². The maximum atomic E-state index is 9.64. The fourth-order valence-corrected chi connectivity index (χ4v) is 1.81. The summed E-state index contributed by atoms with van der Waals surface area (Å²) in [6, 6.07) is 0. The van der Waals surface area contributed by atoms with Crippen LogP contribution in [-0.4, -0.2) is 98.0 Å². The minimum atomic E-state index is -1.63. The van der Waals surface area contributed by atoms with Crippen molar-refractivity contribution in [3.63, 3.8) is 0 Å². The molecule has 4 unspecified atom stereocenters. The highest BCUT2D eigenvalue weighted by molar-refractivity contribution is 4.87. The molecule has 1 heterocycles. The first-order chi connectivity index (χ1) is 9.29. The van der Waals surface area contributed by atoms with Gasteiger partial charge in [0.2, 0.25) is 0 Å². The van der Waals surface area contributed by atoms with Crippen molar-refractivity contribution in [2.75, 3.05) is 13.2 Å². The summed E-state index contributed by atoms with van der Waals surface area (Å²) in [5.74, 6) is 0. The number of hydrogen-bond donors (Lipinski definition) is 7. The summed E-state index contributed by atoms with van der Waals surface area (Å²) >= 11 is 0. The van der Waals surface area contributed by atoms with Gasteiger partial charge in [0.1, 0.15) is 36.6 Å². The average Bonchev–Trinajstić information content (AvgIpc) is 2.45. The second kappa shape index (κ2) is 7.59. The highest BCUT2D eigenvalue weighted by atomic mass is 16.7. The van der Waals surface area contributed by atoms with Crippen molar-refractivity contribution in [2.45, 2.75) is 55.9 Å². The zero-order valence-electron chi connectivity index (χ0n) is 11.0. The van der Waals surface area contributed by atoms with Gasteiger partial charge in [-0.1, -0.05) is 0 Å². The number of hydrogen-bond acceptors (Lipinski definition) is 9. The minimum absolute atomic E-state index is 0.504. The Kier molecular flexibility index (Phi) is 6.72. The SMILES string of the molecule is CC1O[C@@H](OC[C@@H](O)[C@@H](O)C(O)CO)[C@@H](O)C(O)C1O. The van der Waals surface area contributed by atoms with Gasteiger partial charge in [0.05, 0.1) is 19.3 Å². The molecule has 7 N–H and O–H groups in total. The van der Waals surface area contributed by atoms with Crippen LogP contribution in [0.25, 0.3) is 0 Å². The van der Waals surface area contributed by atoms with Crippen LogP contribution >= 0.6 is 0 Å². The molecule has 0 aliphatic carbocycles. The summed E-state index contributed by atoms with van der Waals surface area (Å²) in [4.78, 5) is 0. The molecule has 0 aromatic rings. The molecule has 20 heavy (non-hydrogen) atoms. The van der Waals surface area contributed by atoms with Crippen molar-refractivity contribution in [3.05, 3.63) is 0 Å². The van der Waals surface area contributed by atoms with Crippen molar-refractivity contribution >= 4 is 0 Å².